The van der Waals surface area contributed by atoms with E-state index < -0.39 is 13.9 Å². The van der Waals surface area contributed by atoms with Gasteiger partial charge in [-0.05, 0) is 51.4 Å². The predicted molar refractivity (Wildman–Crippen MR) is 178 cm³/mol. The van der Waals surface area contributed by atoms with Crippen LogP contribution in [0.2, 0.25) is 0 Å². The second-order valence-corrected chi connectivity index (χ2v) is 13.3. The van der Waals surface area contributed by atoms with Crippen LogP contribution >= 0.6 is 7.82 Å². The molecule has 43 heavy (non-hydrogen) atoms. The average Bonchev–Trinajstić information content (AvgIpc) is 2.93. The fourth-order valence-electron chi connectivity index (χ4n) is 3.87. The molecule has 0 rings (SSSR count). The summed E-state index contributed by atoms with van der Waals surface area (Å²) in [7, 11) is 1.64. The van der Waals surface area contributed by atoms with Crippen molar-refractivity contribution in [2.45, 2.75) is 110 Å². The monoisotopic (exact) mass is 628 g/mol. The average molecular weight is 629 g/mol. The number of carbonyl (C=O) groups is 1. The van der Waals surface area contributed by atoms with Gasteiger partial charge in [-0.25, -0.2) is 4.57 Å². The second kappa shape index (κ2) is 28.0. The quantitative estimate of drug-likeness (QED) is 0.0292. The molecule has 0 aliphatic carbocycles. The number of phosphoric ester groups is 1. The van der Waals surface area contributed by atoms with Gasteiger partial charge in [0.05, 0.1) is 34.4 Å². The first-order valence-corrected chi connectivity index (χ1v) is 17.9. The van der Waals surface area contributed by atoms with Crippen LogP contribution in [0.3, 0.4) is 0 Å². The van der Waals surface area contributed by atoms with E-state index in [4.69, 9.17) is 18.5 Å². The highest BCUT2D eigenvalue weighted by molar-refractivity contribution is 7.47. The fraction of sp³-hybridized carbons (Fsp3) is 0.735. The highest BCUT2D eigenvalue weighted by Crippen LogP contribution is 2.43. The molecule has 0 aromatic carbocycles. The minimum atomic E-state index is -4.24. The molecule has 0 fully saturated rings. The minimum Gasteiger partial charge on any atom is -0.457 e. The first kappa shape index (κ1) is 41.5. The van der Waals surface area contributed by atoms with Gasteiger partial charge in [0.15, 0.2) is 0 Å². The van der Waals surface area contributed by atoms with Crippen LogP contribution in [0, 0.1) is 0 Å². The summed E-state index contributed by atoms with van der Waals surface area (Å²) >= 11 is 0. The third-order valence-corrected chi connectivity index (χ3v) is 7.36. The molecule has 8 nitrogen and oxygen atoms in total. The van der Waals surface area contributed by atoms with Crippen LogP contribution in [0.25, 0.3) is 0 Å². The number of likely N-dealkylation sites (N-methyl/N-ethyl adjacent to an activating group) is 1. The van der Waals surface area contributed by atoms with Crippen LogP contribution in [0.15, 0.2) is 48.6 Å². The number of esters is 1. The molecular formula is C34H63NO7P+. The summed E-state index contributed by atoms with van der Waals surface area (Å²) < 4.78 is 34.1. The number of quaternary nitrogens is 1. The van der Waals surface area contributed by atoms with Crippen molar-refractivity contribution in [3.05, 3.63) is 48.6 Å². The van der Waals surface area contributed by atoms with E-state index in [0.29, 0.717) is 24.1 Å². The Hall–Kier alpha value is -1.54. The van der Waals surface area contributed by atoms with Gasteiger partial charge in [-0.2, -0.15) is 0 Å². The van der Waals surface area contributed by atoms with Crippen molar-refractivity contribution >= 4 is 13.8 Å². The lowest BCUT2D eigenvalue weighted by Gasteiger charge is -2.24. The maximum absolute atomic E-state index is 12.2. The molecule has 250 valence electrons. The van der Waals surface area contributed by atoms with Gasteiger partial charge in [0.25, 0.3) is 0 Å². The maximum Gasteiger partial charge on any atom is 0.472 e. The second-order valence-electron chi connectivity index (χ2n) is 11.8. The lowest BCUT2D eigenvalue weighted by atomic mass is 10.1. The molecule has 0 heterocycles. The standard InChI is InChI=1S/C34H62NO7P/c1-6-8-9-10-11-12-13-14-15-16-17-18-19-20-21-22-23-24-25-26-29-39-31-33(42-34(36)27-7-2)32-41-43(37,38)40-30-28-35(3,4)5/h8-9,11-12,14-15,17-18,33H,6-7,10,13,16,19-32H2,1-5H3/p+1/b9-8-,12-11-,15-14-,18-17-. The minimum absolute atomic E-state index is 0.0827. The molecule has 0 spiro atoms. The van der Waals surface area contributed by atoms with E-state index in [0.717, 1.165) is 44.9 Å². The molecule has 0 aromatic rings. The van der Waals surface area contributed by atoms with E-state index in [-0.39, 0.29) is 32.2 Å². The third-order valence-electron chi connectivity index (χ3n) is 6.37. The lowest BCUT2D eigenvalue weighted by Crippen LogP contribution is -2.37. The normalized spacial score (nSPS) is 14.8. The Morgan fingerprint density at radius 3 is 1.88 bits per heavy atom. The van der Waals surface area contributed by atoms with Crippen molar-refractivity contribution in [2.75, 3.05) is 54.1 Å². The molecule has 2 unspecified atom stereocenters. The first-order chi connectivity index (χ1) is 20.6. The number of ether oxygens (including phenoxy) is 2. The molecule has 1 N–H and O–H groups in total. The van der Waals surface area contributed by atoms with Crippen molar-refractivity contribution in [1.29, 1.82) is 0 Å². The zero-order chi connectivity index (χ0) is 32.1. The van der Waals surface area contributed by atoms with Gasteiger partial charge >= 0.3 is 13.8 Å². The molecule has 0 aromatic heterocycles. The lowest BCUT2D eigenvalue weighted by molar-refractivity contribution is -0.870. The van der Waals surface area contributed by atoms with E-state index in [1.54, 1.807) is 0 Å². The molecule has 0 aliphatic rings. The summed E-state index contributed by atoms with van der Waals surface area (Å²) in [4.78, 5) is 21.9. The van der Waals surface area contributed by atoms with Crippen LogP contribution in [0.5, 0.6) is 0 Å². The number of rotatable bonds is 29. The zero-order valence-electron chi connectivity index (χ0n) is 27.9. The largest absolute Gasteiger partial charge is 0.472 e. The Morgan fingerprint density at radius 1 is 0.744 bits per heavy atom. The van der Waals surface area contributed by atoms with Crippen LogP contribution in [-0.2, 0) is 27.9 Å². The Morgan fingerprint density at radius 2 is 1.30 bits per heavy atom. The molecule has 2 atom stereocenters. The molecule has 0 radical (unpaired) electrons. The van der Waals surface area contributed by atoms with Crippen molar-refractivity contribution < 1.29 is 37.3 Å². The van der Waals surface area contributed by atoms with Gasteiger partial charge in [-0.15, -0.1) is 0 Å². The van der Waals surface area contributed by atoms with Crippen molar-refractivity contribution in [1.82, 2.24) is 0 Å². The zero-order valence-corrected chi connectivity index (χ0v) is 28.8. The van der Waals surface area contributed by atoms with Gasteiger partial charge in [-0.3, -0.25) is 13.8 Å². The predicted octanol–water partition coefficient (Wildman–Crippen LogP) is 8.48. The van der Waals surface area contributed by atoms with E-state index in [1.807, 2.05) is 28.1 Å². The first-order valence-electron chi connectivity index (χ1n) is 16.4. The van der Waals surface area contributed by atoms with Crippen LogP contribution in [0.1, 0.15) is 104 Å². The van der Waals surface area contributed by atoms with Crippen molar-refractivity contribution in [3.63, 3.8) is 0 Å². The van der Waals surface area contributed by atoms with Gasteiger partial charge in [-0.1, -0.05) is 94.6 Å². The number of unbranched alkanes of at least 4 members (excludes halogenated alkanes) is 7. The molecule has 0 amide bonds. The van der Waals surface area contributed by atoms with Crippen molar-refractivity contribution in [2.24, 2.45) is 0 Å². The summed E-state index contributed by atoms with van der Waals surface area (Å²) in [5.41, 5.74) is 0. The molecule has 0 saturated heterocycles. The van der Waals surface area contributed by atoms with E-state index in [2.05, 4.69) is 55.5 Å². The number of hydrogen-bond donors (Lipinski definition) is 1. The highest BCUT2D eigenvalue weighted by atomic mass is 31.2. The highest BCUT2D eigenvalue weighted by Gasteiger charge is 2.26. The van der Waals surface area contributed by atoms with Gasteiger partial charge in [0, 0.05) is 13.0 Å². The Bertz CT molecular complexity index is 833. The number of nitrogens with zero attached hydrogens (tertiary/aromatic N) is 1. The Kier molecular flexibility index (Phi) is 27.0. The van der Waals surface area contributed by atoms with Crippen LogP contribution < -0.4 is 0 Å². The summed E-state index contributed by atoms with van der Waals surface area (Å²) in [6, 6.07) is 0. The fourth-order valence-corrected chi connectivity index (χ4v) is 4.61. The number of carbonyl (C=O) groups excluding carboxylic acids is 1. The Labute approximate surface area is 263 Å². The van der Waals surface area contributed by atoms with Crippen LogP contribution in [-0.4, -0.2) is 75.6 Å². The number of phosphoric acid groups is 1. The molecule has 0 bridgehead atoms. The number of allylic oxidation sites excluding steroid dienone is 8. The van der Waals surface area contributed by atoms with Gasteiger partial charge in [0.1, 0.15) is 19.3 Å². The molecule has 9 heteroatoms. The topological polar surface area (TPSA) is 91.3 Å². The van der Waals surface area contributed by atoms with Gasteiger partial charge < -0.3 is 18.9 Å². The van der Waals surface area contributed by atoms with E-state index >= 15 is 0 Å². The SMILES string of the molecule is CC/C=C\C/C=C\C/C=C\C/C=C\CCCCCCCCCOCC(COP(=O)(O)OCC[N+](C)(C)C)OC(=O)CCC. The molecule has 0 saturated carbocycles. The Balaban J connectivity index is 3.92. The molecule has 0 aliphatic heterocycles. The van der Waals surface area contributed by atoms with Crippen LogP contribution in [0.4, 0.5) is 0 Å². The molecular weight excluding hydrogens is 565 g/mol. The van der Waals surface area contributed by atoms with E-state index in [1.165, 1.54) is 32.1 Å². The smallest absolute Gasteiger partial charge is 0.457 e. The summed E-state index contributed by atoms with van der Waals surface area (Å²) in [6.45, 7) is 5.08. The summed E-state index contributed by atoms with van der Waals surface area (Å²) in [5.74, 6) is -0.375. The maximum atomic E-state index is 12.2. The van der Waals surface area contributed by atoms with Crippen molar-refractivity contribution in [3.8, 4) is 0 Å². The summed E-state index contributed by atoms with van der Waals surface area (Å²) in [5, 5.41) is 0. The van der Waals surface area contributed by atoms with E-state index in [9.17, 15) is 14.3 Å². The summed E-state index contributed by atoms with van der Waals surface area (Å²) in [6.07, 6.45) is 31.5. The number of hydrogen-bond acceptors (Lipinski definition) is 6. The third kappa shape index (κ3) is 31.7. The van der Waals surface area contributed by atoms with Gasteiger partial charge in [0.2, 0.25) is 0 Å².